The van der Waals surface area contributed by atoms with Gasteiger partial charge in [0.1, 0.15) is 4.90 Å². The predicted octanol–water partition coefficient (Wildman–Crippen LogP) is 3.62. The number of sulfonamides is 1. The number of hydrogen-bond donors (Lipinski definition) is 1. The lowest BCUT2D eigenvalue weighted by molar-refractivity contribution is 0.0939. The maximum absolute atomic E-state index is 12.8. The van der Waals surface area contributed by atoms with E-state index in [1.165, 1.54) is 16.4 Å². The van der Waals surface area contributed by atoms with E-state index in [9.17, 15) is 13.2 Å². The largest absolute Gasteiger partial charge is 0.346 e. The van der Waals surface area contributed by atoms with E-state index >= 15 is 0 Å². The molecule has 1 fully saturated rings. The number of hydrogen-bond acceptors (Lipinski definition) is 3. The third kappa shape index (κ3) is 3.92. The normalized spacial score (nSPS) is 16.4. The second-order valence-corrected chi connectivity index (χ2v) is 8.68. The van der Waals surface area contributed by atoms with Crippen molar-refractivity contribution in [1.82, 2.24) is 9.62 Å². The minimum absolute atomic E-state index is 0.0129. The molecule has 0 unspecified atom stereocenters. The monoisotopic (exact) mass is 392 g/mol. The number of carbonyl (C=O) groups is 1. The Kier molecular flexibility index (Phi) is 5.65. The van der Waals surface area contributed by atoms with Crippen molar-refractivity contribution in [2.75, 3.05) is 13.1 Å². The molecule has 5 nitrogen and oxygen atoms in total. The molecule has 7 heteroatoms. The van der Waals surface area contributed by atoms with Gasteiger partial charge in [0.15, 0.2) is 0 Å². The third-order valence-corrected chi connectivity index (χ3v) is 6.90. The molecular formula is C19H21ClN2O3S. The van der Waals surface area contributed by atoms with E-state index in [-0.39, 0.29) is 27.4 Å². The zero-order valence-electron chi connectivity index (χ0n) is 14.5. The molecule has 138 valence electrons. The maximum atomic E-state index is 12.8. The lowest BCUT2D eigenvalue weighted by atomic mass is 10.1. The summed E-state index contributed by atoms with van der Waals surface area (Å²) < 4.78 is 27.0. The van der Waals surface area contributed by atoms with Crippen LogP contribution in [0.5, 0.6) is 0 Å². The van der Waals surface area contributed by atoms with Gasteiger partial charge in [0.05, 0.1) is 11.1 Å². The van der Waals surface area contributed by atoms with Crippen LogP contribution in [0.15, 0.2) is 53.4 Å². The predicted molar refractivity (Wildman–Crippen MR) is 102 cm³/mol. The Morgan fingerprint density at radius 2 is 1.77 bits per heavy atom. The molecule has 0 radical (unpaired) electrons. The van der Waals surface area contributed by atoms with Gasteiger partial charge in [-0.15, -0.1) is 0 Å². The summed E-state index contributed by atoms with van der Waals surface area (Å²) in [6, 6.07) is 13.7. The van der Waals surface area contributed by atoms with Crippen molar-refractivity contribution < 1.29 is 13.2 Å². The third-order valence-electron chi connectivity index (χ3n) is 4.52. The van der Waals surface area contributed by atoms with Gasteiger partial charge in [0.25, 0.3) is 5.91 Å². The van der Waals surface area contributed by atoms with Crippen LogP contribution in [-0.4, -0.2) is 31.7 Å². The fourth-order valence-corrected chi connectivity index (χ4v) is 5.03. The van der Waals surface area contributed by atoms with Crippen molar-refractivity contribution in [3.63, 3.8) is 0 Å². The molecule has 0 aromatic heterocycles. The first-order valence-corrected chi connectivity index (χ1v) is 10.4. The highest BCUT2D eigenvalue weighted by atomic mass is 35.5. The molecular weight excluding hydrogens is 372 g/mol. The molecule has 2 aromatic rings. The van der Waals surface area contributed by atoms with Gasteiger partial charge in [0.2, 0.25) is 10.0 Å². The Hall–Kier alpha value is -1.89. The molecule has 2 aromatic carbocycles. The van der Waals surface area contributed by atoms with Gasteiger partial charge < -0.3 is 5.32 Å². The minimum atomic E-state index is -3.68. The zero-order chi connectivity index (χ0) is 18.7. The molecule has 1 heterocycles. The first kappa shape index (κ1) is 18.9. The van der Waals surface area contributed by atoms with Crippen LogP contribution >= 0.6 is 11.6 Å². The van der Waals surface area contributed by atoms with E-state index in [0.29, 0.717) is 13.1 Å². The first-order chi connectivity index (χ1) is 12.4. The lowest BCUT2D eigenvalue weighted by Crippen LogP contribution is -2.29. The van der Waals surface area contributed by atoms with Gasteiger partial charge in [-0.25, -0.2) is 8.42 Å². The molecule has 1 atom stereocenters. The molecule has 1 aliphatic heterocycles. The summed E-state index contributed by atoms with van der Waals surface area (Å²) in [7, 11) is -3.68. The molecule has 1 aliphatic rings. The fourth-order valence-electron chi connectivity index (χ4n) is 3.01. The fraction of sp³-hybridized carbons (Fsp3) is 0.316. The van der Waals surface area contributed by atoms with Gasteiger partial charge in [-0.1, -0.05) is 41.9 Å². The van der Waals surface area contributed by atoms with Crippen molar-refractivity contribution in [2.45, 2.75) is 30.7 Å². The second kappa shape index (κ2) is 7.78. The Morgan fingerprint density at radius 3 is 2.42 bits per heavy atom. The number of amides is 1. The van der Waals surface area contributed by atoms with Gasteiger partial charge in [0, 0.05) is 18.7 Å². The Morgan fingerprint density at radius 1 is 1.12 bits per heavy atom. The van der Waals surface area contributed by atoms with Gasteiger partial charge >= 0.3 is 0 Å². The minimum Gasteiger partial charge on any atom is -0.346 e. The highest BCUT2D eigenvalue weighted by Crippen LogP contribution is 2.28. The summed E-state index contributed by atoms with van der Waals surface area (Å²) >= 11 is 6.13. The SMILES string of the molecule is C[C@H](NC(=O)c1ccc(Cl)c(S(=O)(=O)N2CCCC2)c1)c1ccccc1. The van der Waals surface area contributed by atoms with E-state index in [0.717, 1.165) is 18.4 Å². The molecule has 0 aliphatic carbocycles. The van der Waals surface area contributed by atoms with E-state index in [2.05, 4.69) is 5.32 Å². The molecule has 0 bridgehead atoms. The van der Waals surface area contributed by atoms with E-state index in [4.69, 9.17) is 11.6 Å². The maximum Gasteiger partial charge on any atom is 0.251 e. The summed E-state index contributed by atoms with van der Waals surface area (Å²) in [4.78, 5) is 12.6. The molecule has 0 spiro atoms. The summed E-state index contributed by atoms with van der Waals surface area (Å²) in [6.45, 7) is 2.85. The van der Waals surface area contributed by atoms with E-state index in [1.807, 2.05) is 37.3 Å². The number of halogens is 1. The van der Waals surface area contributed by atoms with Gasteiger partial charge in [-0.05, 0) is 43.5 Å². The van der Waals surface area contributed by atoms with Crippen LogP contribution in [0.2, 0.25) is 5.02 Å². The first-order valence-electron chi connectivity index (χ1n) is 8.55. The summed E-state index contributed by atoms with van der Waals surface area (Å²) in [5.41, 5.74) is 1.25. The highest BCUT2D eigenvalue weighted by molar-refractivity contribution is 7.89. The van der Waals surface area contributed by atoms with Gasteiger partial charge in [-0.3, -0.25) is 4.79 Å². The van der Waals surface area contributed by atoms with Gasteiger partial charge in [-0.2, -0.15) is 4.31 Å². The summed E-state index contributed by atoms with van der Waals surface area (Å²) in [6.07, 6.45) is 1.68. The van der Waals surface area contributed by atoms with Crippen LogP contribution in [0.1, 0.15) is 41.7 Å². The number of benzene rings is 2. The van der Waals surface area contributed by atoms with Crippen LogP contribution in [0.4, 0.5) is 0 Å². The second-order valence-electron chi connectivity index (χ2n) is 6.36. The Balaban J connectivity index is 1.84. The lowest BCUT2D eigenvalue weighted by Gasteiger charge is -2.18. The number of carbonyl (C=O) groups excluding carboxylic acids is 1. The van der Waals surface area contributed by atoms with Crippen LogP contribution in [0.25, 0.3) is 0 Å². The number of nitrogens with zero attached hydrogens (tertiary/aromatic N) is 1. The smallest absolute Gasteiger partial charge is 0.251 e. The molecule has 1 amide bonds. The van der Waals surface area contributed by atoms with E-state index in [1.54, 1.807) is 6.07 Å². The molecule has 1 saturated heterocycles. The average Bonchev–Trinajstić information content (AvgIpc) is 3.18. The van der Waals surface area contributed by atoms with E-state index < -0.39 is 10.0 Å². The van der Waals surface area contributed by atoms with Crippen molar-refractivity contribution in [3.05, 3.63) is 64.7 Å². The summed E-state index contributed by atoms with van der Waals surface area (Å²) in [5, 5.41) is 3.02. The quantitative estimate of drug-likeness (QED) is 0.845. The Bertz CT molecular complexity index is 894. The van der Waals surface area contributed by atoms with Crippen LogP contribution < -0.4 is 5.32 Å². The van der Waals surface area contributed by atoms with Crippen LogP contribution in [-0.2, 0) is 10.0 Å². The zero-order valence-corrected chi connectivity index (χ0v) is 16.1. The molecule has 1 N–H and O–H groups in total. The molecule has 26 heavy (non-hydrogen) atoms. The number of nitrogens with one attached hydrogen (secondary N) is 1. The van der Waals surface area contributed by atoms with Crippen molar-refractivity contribution in [3.8, 4) is 0 Å². The highest BCUT2D eigenvalue weighted by Gasteiger charge is 2.29. The van der Waals surface area contributed by atoms with Crippen molar-refractivity contribution in [2.24, 2.45) is 0 Å². The summed E-state index contributed by atoms with van der Waals surface area (Å²) in [5.74, 6) is -0.337. The molecule has 3 rings (SSSR count). The van der Waals surface area contributed by atoms with Crippen LogP contribution in [0, 0.1) is 0 Å². The van der Waals surface area contributed by atoms with Crippen LogP contribution in [0.3, 0.4) is 0 Å². The standard InChI is InChI=1S/C19H21ClN2O3S/c1-14(15-7-3-2-4-8-15)21-19(23)16-9-10-17(20)18(13-16)26(24,25)22-11-5-6-12-22/h2-4,7-10,13-14H,5-6,11-12H2,1H3,(H,21,23)/t14-/m0/s1. The van der Waals surface area contributed by atoms with Crippen molar-refractivity contribution >= 4 is 27.5 Å². The number of rotatable bonds is 5. The topological polar surface area (TPSA) is 66.5 Å². The van der Waals surface area contributed by atoms with Crippen molar-refractivity contribution in [1.29, 1.82) is 0 Å². The molecule has 0 saturated carbocycles. The Labute approximate surface area is 159 Å². The average molecular weight is 393 g/mol.